The minimum Gasteiger partial charge on any atom is -0.454 e. The molecule has 16 heavy (non-hydrogen) atoms. The van der Waals surface area contributed by atoms with Crippen molar-refractivity contribution in [2.75, 3.05) is 6.79 Å². The van der Waals surface area contributed by atoms with Gasteiger partial charge in [-0.2, -0.15) is 0 Å². The molecule has 0 aromatic heterocycles. The summed E-state index contributed by atoms with van der Waals surface area (Å²) in [6.45, 7) is 1.83. The number of ether oxygens (including phenoxy) is 2. The summed E-state index contributed by atoms with van der Waals surface area (Å²) in [5.41, 5.74) is 3.27. The maximum absolute atomic E-state index is 10.5. The Balaban J connectivity index is 2.06. The molecule has 1 N–H and O–H groups in total. The Labute approximate surface area is 97.2 Å². The Hall–Kier alpha value is -1.46. The van der Waals surface area contributed by atoms with Crippen LogP contribution in [0.3, 0.4) is 0 Å². The number of hydrogen-bond acceptors (Lipinski definition) is 5. The van der Waals surface area contributed by atoms with E-state index in [1.807, 2.05) is 0 Å². The fourth-order valence-corrected chi connectivity index (χ4v) is 1.53. The van der Waals surface area contributed by atoms with Crippen LogP contribution in [0.4, 0.5) is 0 Å². The Kier molecular flexibility index (Phi) is 3.17. The molecule has 86 valence electrons. The molecule has 6 heteroatoms. The van der Waals surface area contributed by atoms with Crippen LogP contribution in [-0.2, 0) is 16.2 Å². The molecule has 5 nitrogen and oxygen atoms in total. The van der Waals surface area contributed by atoms with Gasteiger partial charge in [0.15, 0.2) is 11.5 Å². The average Bonchev–Trinajstić information content (AvgIpc) is 2.64. The number of hydroxylamine groups is 1. The van der Waals surface area contributed by atoms with Crippen molar-refractivity contribution in [2.24, 2.45) is 0 Å². The maximum atomic E-state index is 10.5. The molecule has 0 unspecified atom stereocenters. The molecule has 0 amide bonds. The van der Waals surface area contributed by atoms with Crippen molar-refractivity contribution in [3.63, 3.8) is 0 Å². The highest BCUT2D eigenvalue weighted by Crippen LogP contribution is 2.36. The molecular weight excluding hydrogens is 234 g/mol. The van der Waals surface area contributed by atoms with Gasteiger partial charge in [0.1, 0.15) is 0 Å². The van der Waals surface area contributed by atoms with Crippen LogP contribution in [0, 0.1) is 0 Å². The van der Waals surface area contributed by atoms with Gasteiger partial charge in [-0.05, 0) is 11.6 Å². The molecule has 0 radical (unpaired) electrons. The second kappa shape index (κ2) is 4.59. The highest BCUT2D eigenvalue weighted by Gasteiger charge is 2.16. The van der Waals surface area contributed by atoms with E-state index in [-0.39, 0.29) is 6.79 Å². The first-order valence-electron chi connectivity index (χ1n) is 4.65. The zero-order valence-electron chi connectivity index (χ0n) is 8.58. The normalized spacial score (nSPS) is 12.6. The van der Waals surface area contributed by atoms with Gasteiger partial charge in [0.2, 0.25) is 6.79 Å². The monoisotopic (exact) mass is 243 g/mol. The first-order chi connectivity index (χ1) is 7.66. The van der Waals surface area contributed by atoms with E-state index in [0.717, 1.165) is 5.56 Å². The van der Waals surface area contributed by atoms with E-state index in [1.54, 1.807) is 12.1 Å². The van der Waals surface area contributed by atoms with Crippen LogP contribution in [0.25, 0.3) is 0 Å². The van der Waals surface area contributed by atoms with Gasteiger partial charge in [-0.25, -0.2) is 0 Å². The lowest BCUT2D eigenvalue weighted by atomic mass is 10.2. The van der Waals surface area contributed by atoms with E-state index < -0.39 is 5.97 Å². The Morgan fingerprint density at radius 3 is 2.88 bits per heavy atom. The number of nitrogens with one attached hydrogen (secondary N) is 1. The van der Waals surface area contributed by atoms with Gasteiger partial charge < -0.3 is 14.3 Å². The van der Waals surface area contributed by atoms with Crippen molar-refractivity contribution in [2.45, 2.75) is 13.5 Å². The Morgan fingerprint density at radius 1 is 1.50 bits per heavy atom. The molecule has 1 aromatic carbocycles. The second-order valence-corrected chi connectivity index (χ2v) is 3.62. The van der Waals surface area contributed by atoms with Crippen LogP contribution in [0.2, 0.25) is 5.02 Å². The van der Waals surface area contributed by atoms with Gasteiger partial charge in [-0.3, -0.25) is 4.79 Å². The van der Waals surface area contributed by atoms with Crippen LogP contribution >= 0.6 is 11.6 Å². The molecule has 0 bridgehead atoms. The zero-order chi connectivity index (χ0) is 11.5. The predicted octanol–water partition coefficient (Wildman–Crippen LogP) is 1.64. The molecule has 1 aliphatic rings. The number of carbonyl (C=O) groups is 1. The van der Waals surface area contributed by atoms with E-state index in [2.05, 4.69) is 10.3 Å². The smallest absolute Gasteiger partial charge is 0.321 e. The van der Waals surface area contributed by atoms with Gasteiger partial charge in [0.05, 0.1) is 6.54 Å². The van der Waals surface area contributed by atoms with Crippen molar-refractivity contribution >= 4 is 17.6 Å². The Bertz CT molecular complexity index is 422. The molecule has 0 fully saturated rings. The van der Waals surface area contributed by atoms with Crippen LogP contribution < -0.4 is 15.0 Å². The van der Waals surface area contributed by atoms with Gasteiger partial charge in [-0.1, -0.05) is 11.6 Å². The quantitative estimate of drug-likeness (QED) is 0.818. The van der Waals surface area contributed by atoms with E-state index in [9.17, 15) is 4.79 Å². The molecule has 2 rings (SSSR count). The summed E-state index contributed by atoms with van der Waals surface area (Å²) in [6, 6.07) is 3.43. The number of benzene rings is 1. The van der Waals surface area contributed by atoms with Crippen LogP contribution in [0.15, 0.2) is 12.1 Å². The fourth-order valence-electron chi connectivity index (χ4n) is 1.31. The average molecular weight is 244 g/mol. The fraction of sp³-hybridized carbons (Fsp3) is 0.300. The lowest BCUT2D eigenvalue weighted by Crippen LogP contribution is -2.17. The molecule has 0 saturated heterocycles. The largest absolute Gasteiger partial charge is 0.454 e. The van der Waals surface area contributed by atoms with Gasteiger partial charge in [0, 0.05) is 18.0 Å². The predicted molar refractivity (Wildman–Crippen MR) is 56.2 cm³/mol. The van der Waals surface area contributed by atoms with Gasteiger partial charge in [0.25, 0.3) is 0 Å². The summed E-state index contributed by atoms with van der Waals surface area (Å²) in [6.07, 6.45) is 0. The van der Waals surface area contributed by atoms with Crippen molar-refractivity contribution < 1.29 is 19.1 Å². The molecule has 1 aromatic rings. The van der Waals surface area contributed by atoms with Crippen LogP contribution in [-0.4, -0.2) is 12.8 Å². The topological polar surface area (TPSA) is 56.8 Å². The summed E-state index contributed by atoms with van der Waals surface area (Å²) < 4.78 is 10.4. The highest BCUT2D eigenvalue weighted by molar-refractivity contribution is 6.31. The van der Waals surface area contributed by atoms with Gasteiger partial charge in [-0.15, -0.1) is 5.48 Å². The molecule has 1 aliphatic heterocycles. The molecule has 0 saturated carbocycles. The molecule has 1 heterocycles. The summed E-state index contributed by atoms with van der Waals surface area (Å²) in [4.78, 5) is 15.1. The first kappa shape index (κ1) is 11.0. The lowest BCUT2D eigenvalue weighted by molar-refractivity contribution is -0.148. The first-order valence-corrected chi connectivity index (χ1v) is 5.03. The van der Waals surface area contributed by atoms with Crippen LogP contribution in [0.5, 0.6) is 11.5 Å². The SMILES string of the molecule is CC(=O)ONCc1cc2c(cc1Cl)OCO2. The number of rotatable bonds is 3. The summed E-state index contributed by atoms with van der Waals surface area (Å²) in [5.74, 6) is 0.863. The standard InChI is InChI=1S/C10H10ClNO4/c1-6(13)16-12-4-7-2-9-10(3-8(7)11)15-5-14-9/h2-3,12H,4-5H2,1H3. The zero-order valence-corrected chi connectivity index (χ0v) is 9.34. The lowest BCUT2D eigenvalue weighted by Gasteiger charge is -2.07. The second-order valence-electron chi connectivity index (χ2n) is 3.21. The van der Waals surface area contributed by atoms with Gasteiger partial charge >= 0.3 is 5.97 Å². The third-order valence-electron chi connectivity index (χ3n) is 2.02. The van der Waals surface area contributed by atoms with Crippen molar-refractivity contribution in [3.8, 4) is 11.5 Å². The minimum atomic E-state index is -0.406. The van der Waals surface area contributed by atoms with E-state index in [1.165, 1.54) is 6.92 Å². The summed E-state index contributed by atoms with van der Waals surface area (Å²) in [5, 5.41) is 0.531. The number of halogens is 1. The van der Waals surface area contributed by atoms with Crippen LogP contribution in [0.1, 0.15) is 12.5 Å². The van der Waals surface area contributed by atoms with Crippen molar-refractivity contribution in [1.29, 1.82) is 0 Å². The van der Waals surface area contributed by atoms with Crippen molar-refractivity contribution in [3.05, 3.63) is 22.7 Å². The molecule has 0 atom stereocenters. The van der Waals surface area contributed by atoms with E-state index >= 15 is 0 Å². The third kappa shape index (κ3) is 2.37. The number of hydrogen-bond donors (Lipinski definition) is 1. The molecule has 0 aliphatic carbocycles. The maximum Gasteiger partial charge on any atom is 0.321 e. The minimum absolute atomic E-state index is 0.201. The molecular formula is C10H10ClNO4. The van der Waals surface area contributed by atoms with Crippen molar-refractivity contribution in [1.82, 2.24) is 5.48 Å². The summed E-state index contributed by atoms with van der Waals surface area (Å²) in [7, 11) is 0. The third-order valence-corrected chi connectivity index (χ3v) is 2.37. The van der Waals surface area contributed by atoms with E-state index in [4.69, 9.17) is 21.1 Å². The van der Waals surface area contributed by atoms with E-state index in [0.29, 0.717) is 23.1 Å². The molecule has 0 spiro atoms. The highest BCUT2D eigenvalue weighted by atomic mass is 35.5. The summed E-state index contributed by atoms with van der Waals surface area (Å²) >= 11 is 6.01. The number of fused-ring (bicyclic) bond motifs is 1. The number of carbonyl (C=O) groups excluding carboxylic acids is 1. The Morgan fingerprint density at radius 2 is 2.19 bits per heavy atom.